The van der Waals surface area contributed by atoms with E-state index in [1.807, 2.05) is 0 Å². The zero-order valence-electron chi connectivity index (χ0n) is 11.9. The van der Waals surface area contributed by atoms with Gasteiger partial charge in [0.05, 0.1) is 4.92 Å². The van der Waals surface area contributed by atoms with E-state index < -0.39 is 10.7 Å². The van der Waals surface area contributed by atoms with Gasteiger partial charge in [0, 0.05) is 37.8 Å². The van der Waals surface area contributed by atoms with E-state index in [1.165, 1.54) is 31.5 Å². The van der Waals surface area contributed by atoms with E-state index in [0.717, 1.165) is 37.9 Å². The SMILES string of the molecule is O=[N+]([O-])c1ccc(F)cc1NC1CCN(CC2CC2)CC1. The summed E-state index contributed by atoms with van der Waals surface area (Å²) in [5.74, 6) is 0.438. The Morgan fingerprint density at radius 3 is 2.62 bits per heavy atom. The van der Waals surface area contributed by atoms with Crippen molar-refractivity contribution >= 4 is 11.4 Å². The fourth-order valence-corrected chi connectivity index (χ4v) is 2.93. The summed E-state index contributed by atoms with van der Waals surface area (Å²) in [6.45, 7) is 3.21. The van der Waals surface area contributed by atoms with Crippen LogP contribution in [0.1, 0.15) is 25.7 Å². The molecular weight excluding hydrogens is 273 g/mol. The summed E-state index contributed by atoms with van der Waals surface area (Å²) in [6.07, 6.45) is 4.60. The molecule has 114 valence electrons. The van der Waals surface area contributed by atoms with Gasteiger partial charge in [-0.25, -0.2) is 4.39 Å². The number of hydrogen-bond donors (Lipinski definition) is 1. The molecule has 5 nitrogen and oxygen atoms in total. The van der Waals surface area contributed by atoms with Crippen LogP contribution in [0.5, 0.6) is 0 Å². The summed E-state index contributed by atoms with van der Waals surface area (Å²) >= 11 is 0. The number of nitro groups is 1. The topological polar surface area (TPSA) is 58.4 Å². The molecule has 0 aromatic heterocycles. The zero-order chi connectivity index (χ0) is 14.8. The highest BCUT2D eigenvalue weighted by atomic mass is 19.1. The number of likely N-dealkylation sites (tertiary alicyclic amines) is 1. The third kappa shape index (κ3) is 3.69. The van der Waals surface area contributed by atoms with Gasteiger partial charge in [-0.3, -0.25) is 10.1 Å². The minimum absolute atomic E-state index is 0.0585. The second-order valence-electron chi connectivity index (χ2n) is 6.08. The molecule has 1 aliphatic carbocycles. The van der Waals surface area contributed by atoms with Crippen molar-refractivity contribution in [1.29, 1.82) is 0 Å². The Balaban J connectivity index is 1.59. The Morgan fingerprint density at radius 2 is 2.00 bits per heavy atom. The van der Waals surface area contributed by atoms with E-state index in [4.69, 9.17) is 0 Å². The largest absolute Gasteiger partial charge is 0.377 e. The quantitative estimate of drug-likeness (QED) is 0.669. The summed E-state index contributed by atoms with van der Waals surface area (Å²) in [4.78, 5) is 13.0. The normalized spacial score (nSPS) is 20.4. The van der Waals surface area contributed by atoms with Crippen molar-refractivity contribution in [2.75, 3.05) is 25.0 Å². The van der Waals surface area contributed by atoms with E-state index in [0.29, 0.717) is 5.69 Å². The van der Waals surface area contributed by atoms with E-state index >= 15 is 0 Å². The van der Waals surface area contributed by atoms with Crippen molar-refractivity contribution in [2.24, 2.45) is 5.92 Å². The van der Waals surface area contributed by atoms with Gasteiger partial charge in [0.2, 0.25) is 0 Å². The van der Waals surface area contributed by atoms with Crippen LogP contribution in [0, 0.1) is 21.8 Å². The summed E-state index contributed by atoms with van der Waals surface area (Å²) < 4.78 is 13.3. The molecule has 0 atom stereocenters. The number of piperidine rings is 1. The lowest BCUT2D eigenvalue weighted by Crippen LogP contribution is -2.40. The number of anilines is 1. The molecule has 21 heavy (non-hydrogen) atoms. The summed E-state index contributed by atoms with van der Waals surface area (Å²) in [6, 6.07) is 3.75. The minimum Gasteiger partial charge on any atom is -0.377 e. The molecule has 0 amide bonds. The van der Waals surface area contributed by atoms with Crippen LogP contribution in [0.15, 0.2) is 18.2 Å². The van der Waals surface area contributed by atoms with Gasteiger partial charge in [0.25, 0.3) is 5.69 Å². The molecule has 1 aromatic carbocycles. The van der Waals surface area contributed by atoms with E-state index in [9.17, 15) is 14.5 Å². The lowest BCUT2D eigenvalue weighted by Gasteiger charge is -2.32. The molecule has 0 radical (unpaired) electrons. The third-order valence-corrected chi connectivity index (χ3v) is 4.32. The average molecular weight is 293 g/mol. The molecule has 1 N–H and O–H groups in total. The molecule has 1 saturated carbocycles. The molecule has 1 aromatic rings. The Morgan fingerprint density at radius 1 is 1.29 bits per heavy atom. The van der Waals surface area contributed by atoms with Crippen LogP contribution in [0.25, 0.3) is 0 Å². The molecule has 2 fully saturated rings. The van der Waals surface area contributed by atoms with Gasteiger partial charge in [-0.2, -0.15) is 0 Å². The molecule has 0 spiro atoms. The van der Waals surface area contributed by atoms with Gasteiger partial charge < -0.3 is 10.2 Å². The molecule has 0 bridgehead atoms. The fourth-order valence-electron chi connectivity index (χ4n) is 2.93. The van der Waals surface area contributed by atoms with E-state index in [2.05, 4.69) is 10.2 Å². The Hall–Kier alpha value is -1.69. The molecule has 1 saturated heterocycles. The Kier molecular flexibility index (Phi) is 4.05. The Labute approximate surface area is 123 Å². The van der Waals surface area contributed by atoms with Crippen molar-refractivity contribution in [2.45, 2.75) is 31.7 Å². The van der Waals surface area contributed by atoms with E-state index in [-0.39, 0.29) is 11.7 Å². The highest BCUT2D eigenvalue weighted by Gasteiger charge is 2.27. The van der Waals surface area contributed by atoms with Gasteiger partial charge in [0.1, 0.15) is 11.5 Å². The average Bonchev–Trinajstić information content (AvgIpc) is 3.25. The highest BCUT2D eigenvalue weighted by molar-refractivity contribution is 5.61. The first-order valence-corrected chi connectivity index (χ1v) is 7.54. The highest BCUT2D eigenvalue weighted by Crippen LogP contribution is 2.31. The van der Waals surface area contributed by atoms with Crippen molar-refractivity contribution in [1.82, 2.24) is 4.90 Å². The summed E-state index contributed by atoms with van der Waals surface area (Å²) in [5.41, 5.74) is 0.234. The number of nitrogens with one attached hydrogen (secondary N) is 1. The zero-order valence-corrected chi connectivity index (χ0v) is 11.9. The maximum absolute atomic E-state index is 13.3. The molecule has 1 heterocycles. The van der Waals surface area contributed by atoms with Crippen molar-refractivity contribution < 1.29 is 9.31 Å². The van der Waals surface area contributed by atoms with Crippen molar-refractivity contribution in [3.63, 3.8) is 0 Å². The van der Waals surface area contributed by atoms with E-state index in [1.54, 1.807) is 0 Å². The predicted octanol–water partition coefficient (Wildman–Crippen LogP) is 3.02. The first-order valence-electron chi connectivity index (χ1n) is 7.54. The van der Waals surface area contributed by atoms with Gasteiger partial charge in [0.15, 0.2) is 0 Å². The maximum Gasteiger partial charge on any atom is 0.292 e. The molecule has 2 aliphatic rings. The lowest BCUT2D eigenvalue weighted by atomic mass is 10.0. The second kappa shape index (κ2) is 5.97. The smallest absolute Gasteiger partial charge is 0.292 e. The van der Waals surface area contributed by atoms with Crippen LogP contribution in [0.4, 0.5) is 15.8 Å². The first-order chi connectivity index (χ1) is 10.1. The standard InChI is InChI=1S/C15H20FN3O2/c16-12-3-4-15(19(20)21)14(9-12)17-13-5-7-18(8-6-13)10-11-1-2-11/h3-4,9,11,13,17H,1-2,5-8,10H2. The third-order valence-electron chi connectivity index (χ3n) is 4.32. The first kappa shape index (κ1) is 14.3. The van der Waals surface area contributed by atoms with Crippen molar-refractivity contribution in [3.8, 4) is 0 Å². The lowest BCUT2D eigenvalue weighted by molar-refractivity contribution is -0.384. The van der Waals surface area contributed by atoms with Crippen LogP contribution in [-0.2, 0) is 0 Å². The van der Waals surface area contributed by atoms with Gasteiger partial charge in [-0.1, -0.05) is 0 Å². The molecular formula is C15H20FN3O2. The number of nitro benzene ring substituents is 1. The monoisotopic (exact) mass is 293 g/mol. The number of halogens is 1. The minimum atomic E-state index is -0.468. The van der Waals surface area contributed by atoms with Crippen LogP contribution < -0.4 is 5.32 Å². The van der Waals surface area contributed by atoms with Crippen LogP contribution >= 0.6 is 0 Å². The number of rotatable bonds is 5. The molecule has 1 aliphatic heterocycles. The number of hydrogen-bond acceptors (Lipinski definition) is 4. The summed E-state index contributed by atoms with van der Waals surface area (Å²) in [5, 5.41) is 14.1. The van der Waals surface area contributed by atoms with Crippen LogP contribution in [0.3, 0.4) is 0 Å². The summed E-state index contributed by atoms with van der Waals surface area (Å²) in [7, 11) is 0. The fraction of sp³-hybridized carbons (Fsp3) is 0.600. The number of benzene rings is 1. The Bertz CT molecular complexity index is 526. The molecule has 0 unspecified atom stereocenters. The van der Waals surface area contributed by atoms with Crippen LogP contribution in [-0.4, -0.2) is 35.5 Å². The molecule has 3 rings (SSSR count). The molecule has 6 heteroatoms. The second-order valence-corrected chi connectivity index (χ2v) is 6.08. The van der Waals surface area contributed by atoms with Crippen molar-refractivity contribution in [3.05, 3.63) is 34.1 Å². The van der Waals surface area contributed by atoms with Gasteiger partial charge >= 0.3 is 0 Å². The van der Waals surface area contributed by atoms with Gasteiger partial charge in [-0.05, 0) is 37.7 Å². The number of nitrogens with zero attached hydrogens (tertiary/aromatic N) is 2. The predicted molar refractivity (Wildman–Crippen MR) is 78.9 cm³/mol. The van der Waals surface area contributed by atoms with Crippen LogP contribution in [0.2, 0.25) is 0 Å². The maximum atomic E-state index is 13.3. The van der Waals surface area contributed by atoms with Gasteiger partial charge in [-0.15, -0.1) is 0 Å².